The van der Waals surface area contributed by atoms with Crippen LogP contribution >= 0.6 is 11.4 Å². The van der Waals surface area contributed by atoms with Crippen molar-refractivity contribution in [1.29, 1.82) is 0 Å². The molecule has 1 fully saturated rings. The Morgan fingerprint density at radius 3 is 2.70 bits per heavy atom. The molecule has 0 spiro atoms. The number of nitrogens with zero attached hydrogens (tertiary/aromatic N) is 1. The molecule has 1 aliphatic rings. The predicted molar refractivity (Wildman–Crippen MR) is 46.8 cm³/mol. The third-order valence-corrected chi connectivity index (χ3v) is 2.76. The summed E-state index contributed by atoms with van der Waals surface area (Å²) < 4.78 is 0. The summed E-state index contributed by atoms with van der Waals surface area (Å²) in [6.07, 6.45) is 3.00. The standard InChI is InChI=1S/C7H13NOS/c1-3-8-5-4-6(10-2)7(8)9/h10H,3-5H2,1-2H3. The second kappa shape index (κ2) is 3.19. The minimum Gasteiger partial charge on any atom is -0.338 e. The van der Waals surface area contributed by atoms with Crippen LogP contribution in [0.1, 0.15) is 13.3 Å². The number of rotatable bonds is 1. The van der Waals surface area contributed by atoms with E-state index in [1.54, 1.807) is 0 Å². The van der Waals surface area contributed by atoms with E-state index < -0.39 is 0 Å². The summed E-state index contributed by atoms with van der Waals surface area (Å²) in [5.41, 5.74) is 0. The molecule has 0 atom stereocenters. The van der Waals surface area contributed by atoms with Gasteiger partial charge in [0.25, 0.3) is 5.91 Å². The third kappa shape index (κ3) is 1.24. The Labute approximate surface area is 65.2 Å². The monoisotopic (exact) mass is 159 g/mol. The normalized spacial score (nSPS) is 23.6. The van der Waals surface area contributed by atoms with Crippen LogP contribution < -0.4 is 0 Å². The summed E-state index contributed by atoms with van der Waals surface area (Å²) in [6, 6.07) is 0. The Hall–Kier alpha value is -0.310. The first-order valence-electron chi connectivity index (χ1n) is 3.54. The van der Waals surface area contributed by atoms with E-state index >= 15 is 0 Å². The van der Waals surface area contributed by atoms with Gasteiger partial charge in [-0.05, 0) is 13.2 Å². The molecule has 0 saturated carbocycles. The molecule has 1 heterocycles. The number of likely N-dealkylation sites (tertiary alicyclic amines) is 1. The Balaban J connectivity index is 2.67. The third-order valence-electron chi connectivity index (χ3n) is 1.80. The Kier molecular flexibility index (Phi) is 2.49. The van der Waals surface area contributed by atoms with Crippen molar-refractivity contribution in [2.45, 2.75) is 13.3 Å². The van der Waals surface area contributed by atoms with Crippen LogP contribution in [0.4, 0.5) is 0 Å². The van der Waals surface area contributed by atoms with Gasteiger partial charge in [-0.3, -0.25) is 4.79 Å². The van der Waals surface area contributed by atoms with Crippen LogP contribution in [0.5, 0.6) is 0 Å². The lowest BCUT2D eigenvalue weighted by atomic mass is 10.4. The molecule has 0 bridgehead atoms. The number of hydrogen-bond donors (Lipinski definition) is 1. The lowest BCUT2D eigenvalue weighted by molar-refractivity contribution is -0.122. The number of carbonyl (C=O) groups is 1. The average molecular weight is 159 g/mol. The maximum atomic E-state index is 11.2. The summed E-state index contributed by atoms with van der Waals surface area (Å²) >= 11 is 1.15. The molecular formula is C7H13NOS. The van der Waals surface area contributed by atoms with E-state index in [4.69, 9.17) is 0 Å². The van der Waals surface area contributed by atoms with Crippen LogP contribution in [-0.4, -0.2) is 35.0 Å². The number of thiol groups is 1. The Morgan fingerprint density at radius 1 is 1.70 bits per heavy atom. The van der Waals surface area contributed by atoms with Gasteiger partial charge in [0.1, 0.15) is 0 Å². The predicted octanol–water partition coefficient (Wildman–Crippen LogP) is 0.506. The first-order valence-corrected chi connectivity index (χ1v) is 4.88. The molecule has 10 heavy (non-hydrogen) atoms. The zero-order chi connectivity index (χ0) is 7.56. The molecular weight excluding hydrogens is 146 g/mol. The molecule has 58 valence electrons. The smallest absolute Gasteiger partial charge is 0.255 e. The second-order valence-electron chi connectivity index (χ2n) is 2.31. The molecule has 0 radical (unpaired) electrons. The summed E-state index contributed by atoms with van der Waals surface area (Å²) in [4.78, 5) is 14.2. The van der Waals surface area contributed by atoms with Crippen LogP contribution in [0.25, 0.3) is 0 Å². The van der Waals surface area contributed by atoms with Gasteiger partial charge in [0, 0.05) is 24.4 Å². The maximum Gasteiger partial charge on any atom is 0.255 e. The molecule has 1 rings (SSSR count). The minimum atomic E-state index is 0.270. The van der Waals surface area contributed by atoms with Gasteiger partial charge in [0.15, 0.2) is 0 Å². The van der Waals surface area contributed by atoms with E-state index in [0.717, 1.165) is 35.7 Å². The highest BCUT2D eigenvalue weighted by Crippen LogP contribution is 2.09. The number of hydrogen-bond acceptors (Lipinski definition) is 1. The highest BCUT2D eigenvalue weighted by molar-refractivity contribution is 7.99. The van der Waals surface area contributed by atoms with Gasteiger partial charge in [-0.25, -0.2) is 0 Å². The van der Waals surface area contributed by atoms with E-state index in [9.17, 15) is 4.79 Å². The summed E-state index contributed by atoms with van der Waals surface area (Å²) in [5, 5.41) is 0. The summed E-state index contributed by atoms with van der Waals surface area (Å²) in [7, 11) is 0. The first kappa shape index (κ1) is 7.79. The second-order valence-corrected chi connectivity index (χ2v) is 3.29. The fourth-order valence-electron chi connectivity index (χ4n) is 1.14. The summed E-state index contributed by atoms with van der Waals surface area (Å²) in [5.74, 6) is 0.270. The molecule has 1 amide bonds. The zero-order valence-electron chi connectivity index (χ0n) is 6.42. The van der Waals surface area contributed by atoms with E-state index in [1.165, 1.54) is 0 Å². The van der Waals surface area contributed by atoms with Crippen LogP contribution in [0, 0.1) is 0 Å². The lowest BCUT2D eigenvalue weighted by Gasteiger charge is -2.10. The van der Waals surface area contributed by atoms with Gasteiger partial charge in [-0.15, -0.1) is 0 Å². The quantitative estimate of drug-likeness (QED) is 0.436. The van der Waals surface area contributed by atoms with E-state index in [-0.39, 0.29) is 5.91 Å². The van der Waals surface area contributed by atoms with Crippen molar-refractivity contribution in [1.82, 2.24) is 4.90 Å². The van der Waals surface area contributed by atoms with Crippen molar-refractivity contribution < 1.29 is 4.79 Å². The van der Waals surface area contributed by atoms with Crippen LogP contribution in [0.3, 0.4) is 0 Å². The fraction of sp³-hybridized carbons (Fsp3) is 0.714. The van der Waals surface area contributed by atoms with Gasteiger partial charge in [0.2, 0.25) is 0 Å². The van der Waals surface area contributed by atoms with E-state index in [0.29, 0.717) is 0 Å². The largest absolute Gasteiger partial charge is 0.338 e. The first-order chi connectivity index (χ1) is 4.79. The molecule has 1 aliphatic heterocycles. The molecule has 0 aromatic heterocycles. The number of carbonyl (C=O) groups excluding carboxylic acids is 1. The van der Waals surface area contributed by atoms with E-state index in [1.807, 2.05) is 18.1 Å². The molecule has 3 heteroatoms. The van der Waals surface area contributed by atoms with Crippen molar-refractivity contribution >= 4 is 22.1 Å². The minimum absolute atomic E-state index is 0.270. The molecule has 0 unspecified atom stereocenters. The van der Waals surface area contributed by atoms with Crippen molar-refractivity contribution in [3.63, 3.8) is 0 Å². The molecule has 0 N–H and O–H groups in total. The molecule has 0 aromatic carbocycles. The lowest BCUT2D eigenvalue weighted by Crippen LogP contribution is -2.26. The van der Waals surface area contributed by atoms with Gasteiger partial charge >= 0.3 is 0 Å². The maximum absolute atomic E-state index is 11.2. The zero-order valence-corrected chi connectivity index (χ0v) is 7.32. The van der Waals surface area contributed by atoms with Gasteiger partial charge < -0.3 is 4.90 Å². The Bertz CT molecular complexity index is 176. The van der Waals surface area contributed by atoms with Crippen molar-refractivity contribution in [3.8, 4) is 0 Å². The van der Waals surface area contributed by atoms with Crippen LogP contribution in [0.2, 0.25) is 0 Å². The molecule has 1 saturated heterocycles. The average Bonchev–Trinajstić information content (AvgIpc) is 2.30. The van der Waals surface area contributed by atoms with E-state index in [2.05, 4.69) is 0 Å². The van der Waals surface area contributed by atoms with Gasteiger partial charge in [-0.2, -0.15) is 11.4 Å². The molecule has 2 nitrogen and oxygen atoms in total. The highest BCUT2D eigenvalue weighted by Gasteiger charge is 2.23. The van der Waals surface area contributed by atoms with Gasteiger partial charge in [-0.1, -0.05) is 0 Å². The molecule has 0 aliphatic carbocycles. The van der Waals surface area contributed by atoms with Crippen LogP contribution in [-0.2, 0) is 4.79 Å². The van der Waals surface area contributed by atoms with Crippen molar-refractivity contribution in [2.75, 3.05) is 19.3 Å². The molecule has 0 aromatic rings. The van der Waals surface area contributed by atoms with Gasteiger partial charge in [0.05, 0.1) is 0 Å². The fourth-order valence-corrected chi connectivity index (χ4v) is 1.80. The topological polar surface area (TPSA) is 20.3 Å². The Morgan fingerprint density at radius 2 is 2.40 bits per heavy atom. The van der Waals surface area contributed by atoms with Crippen LogP contribution in [0.15, 0.2) is 0 Å². The SMILES string of the molecule is CCN1CC/C(=[SH]/C)C1=O. The van der Waals surface area contributed by atoms with Crippen molar-refractivity contribution in [3.05, 3.63) is 0 Å². The van der Waals surface area contributed by atoms with Crippen molar-refractivity contribution in [2.24, 2.45) is 0 Å². The highest BCUT2D eigenvalue weighted by atomic mass is 32.1. The number of amides is 1. The summed E-state index contributed by atoms with van der Waals surface area (Å²) in [6.45, 7) is 3.82.